The van der Waals surface area contributed by atoms with Crippen LogP contribution in [0.4, 0.5) is 0 Å². The number of hydrogen-bond acceptors (Lipinski definition) is 5. The van der Waals surface area contributed by atoms with Crippen molar-refractivity contribution in [2.75, 3.05) is 5.75 Å². The van der Waals surface area contributed by atoms with E-state index >= 15 is 0 Å². The van der Waals surface area contributed by atoms with Crippen molar-refractivity contribution >= 4 is 45.7 Å². The van der Waals surface area contributed by atoms with E-state index in [0.717, 1.165) is 9.28 Å². The SMILES string of the molecule is CCSC(=S)SC(C)(C)OC=O. The number of thioether (sulfide) groups is 2. The van der Waals surface area contributed by atoms with Crippen LogP contribution in [0.5, 0.6) is 0 Å². The molecule has 0 spiro atoms. The van der Waals surface area contributed by atoms with E-state index in [1.54, 1.807) is 11.8 Å². The van der Waals surface area contributed by atoms with Crippen LogP contribution in [0.3, 0.4) is 0 Å². The molecular weight excluding hydrogens is 212 g/mol. The van der Waals surface area contributed by atoms with Crippen LogP contribution in [-0.4, -0.2) is 20.7 Å². The van der Waals surface area contributed by atoms with Gasteiger partial charge in [0, 0.05) is 0 Å². The Labute approximate surface area is 86.8 Å². The topological polar surface area (TPSA) is 26.3 Å². The van der Waals surface area contributed by atoms with Gasteiger partial charge in [0.1, 0.15) is 3.53 Å². The van der Waals surface area contributed by atoms with Crippen LogP contribution in [0.2, 0.25) is 0 Å². The fourth-order valence-corrected chi connectivity index (χ4v) is 3.36. The van der Waals surface area contributed by atoms with E-state index in [-0.39, 0.29) is 0 Å². The summed E-state index contributed by atoms with van der Waals surface area (Å²) in [6, 6.07) is 0. The Morgan fingerprint density at radius 2 is 2.25 bits per heavy atom. The summed E-state index contributed by atoms with van der Waals surface area (Å²) in [7, 11) is 0. The predicted octanol–water partition coefficient (Wildman–Crippen LogP) is 2.67. The smallest absolute Gasteiger partial charge is 0.294 e. The summed E-state index contributed by atoms with van der Waals surface area (Å²) in [5.74, 6) is 0.947. The molecule has 0 aromatic rings. The Hall–Kier alpha value is 0.260. The van der Waals surface area contributed by atoms with Crippen molar-refractivity contribution in [1.29, 1.82) is 0 Å². The molecule has 0 saturated carbocycles. The molecule has 0 bridgehead atoms. The van der Waals surface area contributed by atoms with Crippen molar-refractivity contribution in [1.82, 2.24) is 0 Å². The third kappa shape index (κ3) is 5.85. The lowest BCUT2D eigenvalue weighted by Gasteiger charge is -2.21. The summed E-state index contributed by atoms with van der Waals surface area (Å²) in [4.78, 5) is 9.53. The molecule has 0 N–H and O–H groups in total. The van der Waals surface area contributed by atoms with Gasteiger partial charge in [-0.3, -0.25) is 4.79 Å². The molecule has 5 heteroatoms. The van der Waals surface area contributed by atoms with Gasteiger partial charge in [0.05, 0.1) is 0 Å². The predicted molar refractivity (Wildman–Crippen MR) is 59.5 cm³/mol. The maximum Gasteiger partial charge on any atom is 0.294 e. The minimum atomic E-state index is -0.541. The molecule has 0 fully saturated rings. The van der Waals surface area contributed by atoms with Gasteiger partial charge in [0.15, 0.2) is 4.93 Å². The van der Waals surface area contributed by atoms with Crippen LogP contribution in [0.15, 0.2) is 0 Å². The molecule has 2 nitrogen and oxygen atoms in total. The highest BCUT2D eigenvalue weighted by Crippen LogP contribution is 2.30. The second-order valence-corrected chi connectivity index (χ2v) is 6.45. The second-order valence-electron chi connectivity index (χ2n) is 2.40. The first-order chi connectivity index (χ1) is 5.52. The zero-order valence-electron chi connectivity index (χ0n) is 7.33. The Morgan fingerprint density at radius 3 is 2.67 bits per heavy atom. The maximum absolute atomic E-state index is 10.1. The van der Waals surface area contributed by atoms with Crippen molar-refractivity contribution in [2.45, 2.75) is 25.7 Å². The normalized spacial score (nSPS) is 10.9. The molecule has 0 aromatic carbocycles. The molecule has 0 saturated heterocycles. The summed E-state index contributed by atoms with van der Waals surface area (Å²) >= 11 is 8.02. The zero-order valence-corrected chi connectivity index (χ0v) is 9.78. The molecule has 0 rings (SSSR count). The van der Waals surface area contributed by atoms with Crippen molar-refractivity contribution in [3.63, 3.8) is 0 Å². The lowest BCUT2D eigenvalue weighted by Crippen LogP contribution is -2.20. The van der Waals surface area contributed by atoms with E-state index in [1.807, 2.05) is 20.8 Å². The van der Waals surface area contributed by atoms with Gasteiger partial charge in [-0.25, -0.2) is 0 Å². The minimum Gasteiger partial charge on any atom is -0.450 e. The van der Waals surface area contributed by atoms with Crippen molar-refractivity contribution in [2.24, 2.45) is 0 Å². The number of thiocarbonyl (C=S) groups is 1. The molecule has 0 heterocycles. The van der Waals surface area contributed by atoms with Gasteiger partial charge in [0.2, 0.25) is 0 Å². The Kier molecular flexibility index (Phi) is 5.96. The summed E-state index contributed by atoms with van der Waals surface area (Å²) in [6.07, 6.45) is 0. The monoisotopic (exact) mass is 224 g/mol. The number of rotatable bonds is 4. The first kappa shape index (κ1) is 12.3. The van der Waals surface area contributed by atoms with Gasteiger partial charge in [-0.2, -0.15) is 0 Å². The Morgan fingerprint density at radius 1 is 1.67 bits per heavy atom. The van der Waals surface area contributed by atoms with Crippen LogP contribution in [0, 0.1) is 0 Å². The highest BCUT2D eigenvalue weighted by atomic mass is 32.2. The molecule has 0 amide bonds. The van der Waals surface area contributed by atoms with Gasteiger partial charge in [-0.15, -0.1) is 11.8 Å². The molecule has 0 aliphatic carbocycles. The number of hydrogen-bond donors (Lipinski definition) is 0. The molecule has 0 aromatic heterocycles. The van der Waals surface area contributed by atoms with E-state index in [0.29, 0.717) is 6.47 Å². The van der Waals surface area contributed by atoms with Crippen molar-refractivity contribution in [3.8, 4) is 0 Å². The van der Waals surface area contributed by atoms with Gasteiger partial charge in [-0.1, -0.05) is 30.9 Å². The average molecular weight is 224 g/mol. The second kappa shape index (κ2) is 5.83. The lowest BCUT2D eigenvalue weighted by molar-refractivity contribution is -0.133. The van der Waals surface area contributed by atoms with Gasteiger partial charge < -0.3 is 4.74 Å². The molecular formula is C7H12O2S3. The fourth-order valence-electron chi connectivity index (χ4n) is 0.488. The molecule has 0 radical (unpaired) electrons. The average Bonchev–Trinajstić information content (AvgIpc) is 1.85. The number of carbonyl (C=O) groups excluding carboxylic acids is 1. The molecule has 0 aliphatic heterocycles. The van der Waals surface area contributed by atoms with Crippen molar-refractivity contribution in [3.05, 3.63) is 0 Å². The van der Waals surface area contributed by atoms with Crippen LogP contribution in [0.25, 0.3) is 0 Å². The van der Waals surface area contributed by atoms with E-state index in [9.17, 15) is 4.79 Å². The molecule has 70 valence electrons. The van der Waals surface area contributed by atoms with Crippen LogP contribution >= 0.6 is 35.7 Å². The maximum atomic E-state index is 10.1. The van der Waals surface area contributed by atoms with E-state index in [2.05, 4.69) is 0 Å². The summed E-state index contributed by atoms with van der Waals surface area (Å²) in [5, 5.41) is 0. The Bertz CT molecular complexity index is 168. The van der Waals surface area contributed by atoms with Crippen LogP contribution in [-0.2, 0) is 9.53 Å². The summed E-state index contributed by atoms with van der Waals surface area (Å²) in [5.41, 5.74) is 0. The van der Waals surface area contributed by atoms with Gasteiger partial charge in [-0.05, 0) is 19.6 Å². The minimum absolute atomic E-state index is 0.451. The molecule has 0 aliphatic rings. The first-order valence-electron chi connectivity index (χ1n) is 3.49. The standard InChI is InChI=1S/C7H12O2S3/c1-4-11-6(10)12-7(2,3)9-5-8/h5H,4H2,1-3H3. The zero-order chi connectivity index (χ0) is 9.61. The number of ether oxygens (including phenoxy) is 1. The van der Waals surface area contributed by atoms with Crippen LogP contribution < -0.4 is 0 Å². The largest absolute Gasteiger partial charge is 0.450 e. The third-order valence-electron chi connectivity index (χ3n) is 0.923. The quantitative estimate of drug-likeness (QED) is 0.415. The van der Waals surface area contributed by atoms with Gasteiger partial charge in [0.25, 0.3) is 6.47 Å². The highest BCUT2D eigenvalue weighted by molar-refractivity contribution is 8.47. The molecule has 12 heavy (non-hydrogen) atoms. The highest BCUT2D eigenvalue weighted by Gasteiger charge is 2.21. The number of carbonyl (C=O) groups is 1. The van der Waals surface area contributed by atoms with Gasteiger partial charge >= 0.3 is 0 Å². The van der Waals surface area contributed by atoms with E-state index in [4.69, 9.17) is 17.0 Å². The van der Waals surface area contributed by atoms with Crippen molar-refractivity contribution < 1.29 is 9.53 Å². The first-order valence-corrected chi connectivity index (χ1v) is 5.70. The summed E-state index contributed by atoms with van der Waals surface area (Å²) in [6.45, 7) is 6.11. The lowest BCUT2D eigenvalue weighted by atomic mass is 10.5. The Balaban J connectivity index is 3.87. The third-order valence-corrected chi connectivity index (χ3v) is 3.41. The summed E-state index contributed by atoms with van der Waals surface area (Å²) < 4.78 is 5.64. The van der Waals surface area contributed by atoms with E-state index < -0.39 is 4.93 Å². The van der Waals surface area contributed by atoms with E-state index in [1.165, 1.54) is 11.8 Å². The molecule has 0 unspecified atom stereocenters. The van der Waals surface area contributed by atoms with Crippen LogP contribution in [0.1, 0.15) is 20.8 Å². The molecule has 0 atom stereocenters. The fraction of sp³-hybridized carbons (Fsp3) is 0.714.